The molecule has 16 heavy (non-hydrogen) atoms. The minimum absolute atomic E-state index is 0.170. The number of benzene rings is 1. The fourth-order valence-corrected chi connectivity index (χ4v) is 2.48. The summed E-state index contributed by atoms with van der Waals surface area (Å²) in [5.41, 5.74) is 6.12. The molecule has 0 saturated heterocycles. The van der Waals surface area contributed by atoms with Crippen molar-refractivity contribution in [2.75, 3.05) is 0 Å². The van der Waals surface area contributed by atoms with Gasteiger partial charge in [-0.1, -0.05) is 52.0 Å². The van der Waals surface area contributed by atoms with Gasteiger partial charge in [0.05, 0.1) is 0 Å². The lowest BCUT2D eigenvalue weighted by Crippen LogP contribution is -2.29. The second kappa shape index (κ2) is 3.23. The van der Waals surface area contributed by atoms with E-state index in [2.05, 4.69) is 65.8 Å². The number of hydrogen-bond acceptors (Lipinski definition) is 0. The molecular weight excluding hydrogens is 192 g/mol. The van der Waals surface area contributed by atoms with Crippen LogP contribution in [0.15, 0.2) is 24.3 Å². The highest BCUT2D eigenvalue weighted by Crippen LogP contribution is 2.41. The normalized spacial score (nSPS) is 20.6. The van der Waals surface area contributed by atoms with Crippen molar-refractivity contribution in [3.8, 4) is 0 Å². The molecule has 1 aromatic carbocycles. The van der Waals surface area contributed by atoms with Crippen LogP contribution in [0.4, 0.5) is 0 Å². The second-order valence-corrected chi connectivity index (χ2v) is 6.26. The van der Waals surface area contributed by atoms with E-state index in [1.807, 2.05) is 0 Å². The van der Waals surface area contributed by atoms with Crippen molar-refractivity contribution < 1.29 is 0 Å². The van der Waals surface area contributed by atoms with E-state index in [4.69, 9.17) is 0 Å². The van der Waals surface area contributed by atoms with Gasteiger partial charge in [0.2, 0.25) is 0 Å². The minimum atomic E-state index is 0.170. The topological polar surface area (TPSA) is 0 Å². The first-order valence-corrected chi connectivity index (χ1v) is 6.07. The van der Waals surface area contributed by atoms with E-state index in [0.717, 1.165) is 0 Å². The zero-order valence-electron chi connectivity index (χ0n) is 11.3. The molecule has 0 heterocycles. The Balaban J connectivity index is 2.75. The monoisotopic (exact) mass is 214 g/mol. The van der Waals surface area contributed by atoms with Crippen molar-refractivity contribution in [1.82, 2.24) is 0 Å². The number of rotatable bonds is 0. The van der Waals surface area contributed by atoms with E-state index < -0.39 is 0 Å². The lowest BCUT2D eigenvalue weighted by atomic mass is 9.67. The zero-order valence-corrected chi connectivity index (χ0v) is 11.3. The largest absolute Gasteiger partial charge is 0.0776 e. The Morgan fingerprint density at radius 1 is 0.688 bits per heavy atom. The third-order valence-corrected chi connectivity index (χ3v) is 3.94. The first kappa shape index (κ1) is 11.4. The molecule has 0 fully saturated rings. The molecule has 0 atom stereocenters. The molecule has 0 aliphatic heterocycles. The third kappa shape index (κ3) is 1.61. The van der Waals surface area contributed by atoms with E-state index in [1.54, 1.807) is 0 Å². The molecule has 1 aliphatic carbocycles. The minimum Gasteiger partial charge on any atom is -0.0776 e. The molecule has 1 aliphatic rings. The Morgan fingerprint density at radius 3 is 1.31 bits per heavy atom. The summed E-state index contributed by atoms with van der Waals surface area (Å²) in [6.45, 7) is 13.6. The van der Waals surface area contributed by atoms with Crippen molar-refractivity contribution in [3.63, 3.8) is 0 Å². The van der Waals surface area contributed by atoms with Gasteiger partial charge in [-0.15, -0.1) is 0 Å². The quantitative estimate of drug-likeness (QED) is 0.560. The van der Waals surface area contributed by atoms with Gasteiger partial charge in [0.15, 0.2) is 0 Å². The average molecular weight is 214 g/mol. The van der Waals surface area contributed by atoms with Gasteiger partial charge in [0, 0.05) is 10.8 Å². The summed E-state index contributed by atoms with van der Waals surface area (Å²) in [6.07, 6.45) is 4.70. The molecule has 0 heteroatoms. The lowest BCUT2D eigenvalue weighted by Gasteiger charge is -2.37. The van der Waals surface area contributed by atoms with E-state index in [1.165, 1.54) is 22.3 Å². The van der Waals surface area contributed by atoms with E-state index in [0.29, 0.717) is 0 Å². The van der Waals surface area contributed by atoms with Crippen molar-refractivity contribution in [3.05, 3.63) is 46.5 Å². The van der Waals surface area contributed by atoms with Crippen LogP contribution in [-0.2, 0) is 10.8 Å². The van der Waals surface area contributed by atoms with Gasteiger partial charge in [0.1, 0.15) is 0 Å². The molecule has 0 spiro atoms. The molecule has 0 radical (unpaired) electrons. The van der Waals surface area contributed by atoms with Gasteiger partial charge in [-0.25, -0.2) is 0 Å². The van der Waals surface area contributed by atoms with Gasteiger partial charge in [-0.2, -0.15) is 0 Å². The first-order valence-electron chi connectivity index (χ1n) is 6.07. The SMILES string of the molecule is Cc1cc2c(cc1C)C(C)(C)C=CC2(C)C. The highest BCUT2D eigenvalue weighted by atomic mass is 14.4. The molecule has 0 N–H and O–H groups in total. The van der Waals surface area contributed by atoms with Gasteiger partial charge < -0.3 is 0 Å². The Kier molecular flexibility index (Phi) is 2.31. The average Bonchev–Trinajstić information content (AvgIpc) is 2.17. The summed E-state index contributed by atoms with van der Waals surface area (Å²) in [4.78, 5) is 0. The predicted octanol–water partition coefficient (Wildman–Crippen LogP) is 4.43. The second-order valence-electron chi connectivity index (χ2n) is 6.26. The number of fused-ring (bicyclic) bond motifs is 1. The van der Waals surface area contributed by atoms with Crippen LogP contribution in [0.2, 0.25) is 0 Å². The van der Waals surface area contributed by atoms with E-state index in [9.17, 15) is 0 Å². The summed E-state index contributed by atoms with van der Waals surface area (Å²) in [7, 11) is 0. The molecule has 2 rings (SSSR count). The molecule has 86 valence electrons. The Labute approximate surface area is 99.4 Å². The highest BCUT2D eigenvalue weighted by molar-refractivity contribution is 5.51. The van der Waals surface area contributed by atoms with Crippen LogP contribution >= 0.6 is 0 Å². The van der Waals surface area contributed by atoms with Crippen LogP contribution in [0, 0.1) is 13.8 Å². The summed E-state index contributed by atoms with van der Waals surface area (Å²) < 4.78 is 0. The van der Waals surface area contributed by atoms with Crippen molar-refractivity contribution in [1.29, 1.82) is 0 Å². The summed E-state index contributed by atoms with van der Waals surface area (Å²) in [6, 6.07) is 4.74. The van der Waals surface area contributed by atoms with Crippen molar-refractivity contribution in [2.45, 2.75) is 52.4 Å². The summed E-state index contributed by atoms with van der Waals surface area (Å²) in [5, 5.41) is 0. The predicted molar refractivity (Wildman–Crippen MR) is 71.1 cm³/mol. The molecule has 1 aromatic rings. The summed E-state index contributed by atoms with van der Waals surface area (Å²) in [5.74, 6) is 0. The first-order chi connectivity index (χ1) is 7.24. The van der Waals surface area contributed by atoms with E-state index >= 15 is 0 Å². The molecule has 0 aromatic heterocycles. The van der Waals surface area contributed by atoms with Gasteiger partial charge in [-0.3, -0.25) is 0 Å². The molecule has 0 amide bonds. The maximum Gasteiger partial charge on any atom is 0.00787 e. The number of aryl methyl sites for hydroxylation is 2. The molecular formula is C16H22. The van der Waals surface area contributed by atoms with Crippen LogP contribution in [-0.4, -0.2) is 0 Å². The van der Waals surface area contributed by atoms with Gasteiger partial charge in [-0.05, 0) is 36.1 Å². The molecule has 0 unspecified atom stereocenters. The van der Waals surface area contributed by atoms with Crippen LogP contribution in [0.5, 0.6) is 0 Å². The van der Waals surface area contributed by atoms with Crippen molar-refractivity contribution in [2.24, 2.45) is 0 Å². The maximum atomic E-state index is 2.37. The van der Waals surface area contributed by atoms with Crippen molar-refractivity contribution >= 4 is 0 Å². The van der Waals surface area contributed by atoms with Crippen LogP contribution in [0.1, 0.15) is 49.9 Å². The van der Waals surface area contributed by atoms with E-state index in [-0.39, 0.29) is 10.8 Å². The molecule has 0 bridgehead atoms. The van der Waals surface area contributed by atoms with Crippen LogP contribution < -0.4 is 0 Å². The fourth-order valence-electron chi connectivity index (χ4n) is 2.48. The molecule has 0 nitrogen and oxygen atoms in total. The Hall–Kier alpha value is -1.04. The smallest absolute Gasteiger partial charge is 0.00787 e. The zero-order chi connectivity index (χ0) is 12.1. The number of allylic oxidation sites excluding steroid dienone is 2. The Morgan fingerprint density at radius 2 is 1.00 bits per heavy atom. The van der Waals surface area contributed by atoms with Crippen LogP contribution in [0.25, 0.3) is 0 Å². The third-order valence-electron chi connectivity index (χ3n) is 3.94. The van der Waals surface area contributed by atoms with Crippen LogP contribution in [0.3, 0.4) is 0 Å². The summed E-state index contributed by atoms with van der Waals surface area (Å²) >= 11 is 0. The number of hydrogen-bond donors (Lipinski definition) is 0. The van der Waals surface area contributed by atoms with Gasteiger partial charge >= 0.3 is 0 Å². The van der Waals surface area contributed by atoms with Gasteiger partial charge in [0.25, 0.3) is 0 Å². The Bertz CT molecular complexity index is 416. The lowest BCUT2D eigenvalue weighted by molar-refractivity contribution is 0.562. The highest BCUT2D eigenvalue weighted by Gasteiger charge is 2.32. The maximum absolute atomic E-state index is 2.37. The fraction of sp³-hybridized carbons (Fsp3) is 0.500. The standard InChI is InChI=1S/C16H22/c1-11-9-13-14(10-12(11)2)16(5,6)8-7-15(13,3)4/h7-10H,1-6H3. The molecule has 0 saturated carbocycles.